The lowest BCUT2D eigenvalue weighted by Gasteiger charge is -2.18. The van der Waals surface area contributed by atoms with Crippen molar-refractivity contribution in [2.75, 3.05) is 27.2 Å². The van der Waals surface area contributed by atoms with Gasteiger partial charge in [-0.2, -0.15) is 0 Å². The van der Waals surface area contributed by atoms with E-state index in [1.165, 1.54) is 0 Å². The van der Waals surface area contributed by atoms with Gasteiger partial charge in [0, 0.05) is 32.1 Å². The molecule has 0 aliphatic heterocycles. The zero-order valence-electron chi connectivity index (χ0n) is 16.5. The summed E-state index contributed by atoms with van der Waals surface area (Å²) < 4.78 is 11.1. The van der Waals surface area contributed by atoms with Crippen molar-refractivity contribution in [3.8, 4) is 11.5 Å². The second-order valence-corrected chi connectivity index (χ2v) is 6.11. The predicted octanol–water partition coefficient (Wildman–Crippen LogP) is 1.93. The van der Waals surface area contributed by atoms with Gasteiger partial charge >= 0.3 is 0 Å². The van der Waals surface area contributed by atoms with Crippen molar-refractivity contribution in [1.82, 2.24) is 16.0 Å². The topological polar surface area (TPSA) is 84.0 Å². The molecule has 0 aliphatic carbocycles. The fourth-order valence-electron chi connectivity index (χ4n) is 2.15. The number of hydrogen-bond donors (Lipinski definition) is 3. The number of hydrogen-bond acceptors (Lipinski definition) is 4. The molecule has 0 saturated carbocycles. The summed E-state index contributed by atoms with van der Waals surface area (Å²) in [7, 11) is 3.32. The van der Waals surface area contributed by atoms with Crippen LogP contribution in [0.5, 0.6) is 11.5 Å². The Bertz CT molecular complexity index is 578. The summed E-state index contributed by atoms with van der Waals surface area (Å²) in [5, 5.41) is 9.26. The van der Waals surface area contributed by atoms with Crippen LogP contribution in [-0.2, 0) is 4.79 Å². The maximum absolute atomic E-state index is 11.8. The van der Waals surface area contributed by atoms with Gasteiger partial charge in [-0.3, -0.25) is 9.79 Å². The van der Waals surface area contributed by atoms with E-state index >= 15 is 0 Å². The molecule has 1 rings (SSSR count). The largest absolute Gasteiger partial charge is 0.497 e. The van der Waals surface area contributed by atoms with Gasteiger partial charge in [0.05, 0.1) is 13.7 Å². The van der Waals surface area contributed by atoms with Gasteiger partial charge in [0.1, 0.15) is 17.6 Å². The second kappa shape index (κ2) is 12.0. The van der Waals surface area contributed by atoms with E-state index in [1.54, 1.807) is 14.2 Å². The van der Waals surface area contributed by atoms with E-state index < -0.39 is 0 Å². The molecule has 0 saturated heterocycles. The number of amides is 1. The van der Waals surface area contributed by atoms with Gasteiger partial charge in [-0.05, 0) is 32.4 Å². The van der Waals surface area contributed by atoms with Gasteiger partial charge in [-0.15, -0.1) is 0 Å². The van der Waals surface area contributed by atoms with Crippen LogP contribution < -0.4 is 25.4 Å². The predicted molar refractivity (Wildman–Crippen MR) is 105 cm³/mol. The van der Waals surface area contributed by atoms with Crippen molar-refractivity contribution in [1.29, 1.82) is 0 Å². The van der Waals surface area contributed by atoms with Gasteiger partial charge in [-0.1, -0.05) is 13.0 Å². The van der Waals surface area contributed by atoms with Crippen molar-refractivity contribution < 1.29 is 14.3 Å². The molecular formula is C19H32N4O3. The van der Waals surface area contributed by atoms with Crippen LogP contribution in [0.4, 0.5) is 0 Å². The third-order valence-corrected chi connectivity index (χ3v) is 3.82. The summed E-state index contributed by atoms with van der Waals surface area (Å²) in [5.41, 5.74) is 0. The van der Waals surface area contributed by atoms with Crippen molar-refractivity contribution >= 4 is 11.9 Å². The SMILES string of the molecule is CCC(C)NC(=O)CCNC(=NC)NCC(C)Oc1cccc(OC)c1. The van der Waals surface area contributed by atoms with E-state index in [0.717, 1.165) is 17.9 Å². The van der Waals surface area contributed by atoms with Crippen LogP contribution in [0.25, 0.3) is 0 Å². The smallest absolute Gasteiger partial charge is 0.221 e. The summed E-state index contributed by atoms with van der Waals surface area (Å²) in [6.07, 6.45) is 1.27. The normalized spacial score (nSPS) is 13.5. The van der Waals surface area contributed by atoms with Gasteiger partial charge in [0.15, 0.2) is 5.96 Å². The fourth-order valence-corrected chi connectivity index (χ4v) is 2.15. The van der Waals surface area contributed by atoms with Gasteiger partial charge in [0.2, 0.25) is 5.91 Å². The third-order valence-electron chi connectivity index (χ3n) is 3.82. The first kappa shape index (κ1) is 21.6. The van der Waals surface area contributed by atoms with E-state index in [9.17, 15) is 4.79 Å². The molecule has 0 spiro atoms. The average Bonchev–Trinajstić information content (AvgIpc) is 2.64. The van der Waals surface area contributed by atoms with Crippen molar-refractivity contribution in [2.24, 2.45) is 4.99 Å². The molecule has 2 unspecified atom stereocenters. The molecule has 1 amide bonds. The molecule has 26 heavy (non-hydrogen) atoms. The Morgan fingerprint density at radius 3 is 2.62 bits per heavy atom. The molecule has 2 atom stereocenters. The maximum Gasteiger partial charge on any atom is 0.221 e. The summed E-state index contributed by atoms with van der Waals surface area (Å²) in [4.78, 5) is 15.9. The van der Waals surface area contributed by atoms with Crippen LogP contribution in [-0.4, -0.2) is 51.3 Å². The number of nitrogens with zero attached hydrogens (tertiary/aromatic N) is 1. The van der Waals surface area contributed by atoms with Crippen molar-refractivity contribution in [2.45, 2.75) is 45.8 Å². The summed E-state index contributed by atoms with van der Waals surface area (Å²) in [6.45, 7) is 7.11. The molecule has 1 aromatic rings. The number of carbonyl (C=O) groups excluding carboxylic acids is 1. The van der Waals surface area contributed by atoms with Crippen LogP contribution in [0.15, 0.2) is 29.3 Å². The van der Waals surface area contributed by atoms with E-state index in [4.69, 9.17) is 9.47 Å². The van der Waals surface area contributed by atoms with Crippen LogP contribution in [0, 0.1) is 0 Å². The van der Waals surface area contributed by atoms with Crippen LogP contribution in [0.1, 0.15) is 33.6 Å². The highest BCUT2D eigenvalue weighted by Gasteiger charge is 2.08. The minimum absolute atomic E-state index is 0.0389. The summed E-state index contributed by atoms with van der Waals surface area (Å²) >= 11 is 0. The van der Waals surface area contributed by atoms with E-state index in [-0.39, 0.29) is 18.1 Å². The molecule has 0 fully saturated rings. The maximum atomic E-state index is 11.8. The van der Waals surface area contributed by atoms with Gasteiger partial charge in [-0.25, -0.2) is 0 Å². The standard InChI is InChI=1S/C19H32N4O3/c1-6-14(2)23-18(24)10-11-21-19(20-4)22-13-15(3)26-17-9-7-8-16(12-17)25-5/h7-9,12,14-15H,6,10-11,13H2,1-5H3,(H,23,24)(H2,20,21,22). The quantitative estimate of drug-likeness (QED) is 0.436. The average molecular weight is 364 g/mol. The Hall–Kier alpha value is -2.44. The highest BCUT2D eigenvalue weighted by Crippen LogP contribution is 2.19. The first-order valence-electron chi connectivity index (χ1n) is 9.03. The van der Waals surface area contributed by atoms with Crippen LogP contribution in [0.2, 0.25) is 0 Å². The number of methoxy groups -OCH3 is 1. The van der Waals surface area contributed by atoms with Crippen molar-refractivity contribution in [3.63, 3.8) is 0 Å². The molecule has 0 radical (unpaired) electrons. The monoisotopic (exact) mass is 364 g/mol. The number of guanidine groups is 1. The number of aliphatic imine (C=N–C) groups is 1. The Morgan fingerprint density at radius 1 is 1.23 bits per heavy atom. The highest BCUT2D eigenvalue weighted by atomic mass is 16.5. The molecule has 0 aliphatic rings. The summed E-state index contributed by atoms with van der Waals surface area (Å²) in [6, 6.07) is 7.70. The van der Waals surface area contributed by atoms with Gasteiger partial charge < -0.3 is 25.4 Å². The second-order valence-electron chi connectivity index (χ2n) is 6.11. The lowest BCUT2D eigenvalue weighted by Crippen LogP contribution is -2.43. The van der Waals surface area contributed by atoms with E-state index in [0.29, 0.717) is 25.5 Å². The zero-order valence-corrected chi connectivity index (χ0v) is 16.5. The molecule has 3 N–H and O–H groups in total. The molecule has 1 aromatic carbocycles. The van der Waals surface area contributed by atoms with Crippen LogP contribution in [0.3, 0.4) is 0 Å². The fraction of sp³-hybridized carbons (Fsp3) is 0.579. The lowest BCUT2D eigenvalue weighted by atomic mass is 10.2. The number of ether oxygens (including phenoxy) is 2. The number of benzene rings is 1. The molecule has 0 bridgehead atoms. The molecule has 146 valence electrons. The first-order chi connectivity index (χ1) is 12.5. The van der Waals surface area contributed by atoms with E-state index in [2.05, 4.69) is 20.9 Å². The minimum Gasteiger partial charge on any atom is -0.497 e. The Kier molecular flexibility index (Phi) is 9.97. The number of nitrogens with one attached hydrogen (secondary N) is 3. The van der Waals surface area contributed by atoms with Crippen LogP contribution >= 0.6 is 0 Å². The molecular weight excluding hydrogens is 332 g/mol. The number of rotatable bonds is 10. The first-order valence-corrected chi connectivity index (χ1v) is 9.03. The Labute approximate surface area is 156 Å². The van der Waals surface area contributed by atoms with E-state index in [1.807, 2.05) is 45.0 Å². The Balaban J connectivity index is 2.31. The minimum atomic E-state index is -0.0608. The van der Waals surface area contributed by atoms with Crippen molar-refractivity contribution in [3.05, 3.63) is 24.3 Å². The lowest BCUT2D eigenvalue weighted by molar-refractivity contribution is -0.121. The molecule has 7 heteroatoms. The van der Waals surface area contributed by atoms with Gasteiger partial charge in [0.25, 0.3) is 0 Å². The summed E-state index contributed by atoms with van der Waals surface area (Å²) in [5.74, 6) is 2.19. The molecule has 0 heterocycles. The number of carbonyl (C=O) groups is 1. The Morgan fingerprint density at radius 2 is 1.96 bits per heavy atom. The molecule has 7 nitrogen and oxygen atoms in total. The molecule has 0 aromatic heterocycles. The highest BCUT2D eigenvalue weighted by molar-refractivity contribution is 5.81. The third kappa shape index (κ3) is 8.60. The zero-order chi connectivity index (χ0) is 19.4.